The SMILES string of the molecule is CNC(CN(C)CCC(C)C)C(C)C. The summed E-state index contributed by atoms with van der Waals surface area (Å²) in [5, 5.41) is 3.38. The molecule has 1 unspecified atom stereocenters. The second-order valence-electron chi connectivity index (χ2n) is 5.08. The number of nitrogens with one attached hydrogen (secondary N) is 1. The van der Waals surface area contributed by atoms with Crippen LogP contribution in [0.3, 0.4) is 0 Å². The van der Waals surface area contributed by atoms with Crippen LogP contribution in [0, 0.1) is 11.8 Å². The van der Waals surface area contributed by atoms with Crippen LogP contribution in [0.1, 0.15) is 34.1 Å². The van der Waals surface area contributed by atoms with Crippen LogP contribution in [0.4, 0.5) is 0 Å². The van der Waals surface area contributed by atoms with Gasteiger partial charge < -0.3 is 10.2 Å². The lowest BCUT2D eigenvalue weighted by Crippen LogP contribution is -2.41. The molecule has 0 saturated heterocycles. The largest absolute Gasteiger partial charge is 0.315 e. The standard InChI is InChI=1S/C12H28N2/c1-10(2)7-8-14(6)9-12(13-5)11(3)4/h10-13H,7-9H2,1-6H3. The third-order valence-electron chi connectivity index (χ3n) is 2.77. The predicted octanol–water partition coefficient (Wildman–Crippen LogP) is 2.21. The van der Waals surface area contributed by atoms with Gasteiger partial charge in [-0.05, 0) is 38.9 Å². The van der Waals surface area contributed by atoms with Gasteiger partial charge in [-0.2, -0.15) is 0 Å². The molecule has 0 spiro atoms. The van der Waals surface area contributed by atoms with Crippen molar-refractivity contribution in [3.05, 3.63) is 0 Å². The quantitative estimate of drug-likeness (QED) is 0.678. The highest BCUT2D eigenvalue weighted by atomic mass is 15.1. The summed E-state index contributed by atoms with van der Waals surface area (Å²) in [4.78, 5) is 2.43. The molecule has 0 saturated carbocycles. The van der Waals surface area contributed by atoms with Crippen LogP contribution in [0.15, 0.2) is 0 Å². The highest BCUT2D eigenvalue weighted by molar-refractivity contribution is 4.72. The van der Waals surface area contributed by atoms with Crippen molar-refractivity contribution in [2.24, 2.45) is 11.8 Å². The van der Waals surface area contributed by atoms with Crippen LogP contribution in [0.25, 0.3) is 0 Å². The molecule has 14 heavy (non-hydrogen) atoms. The molecule has 0 amide bonds. The van der Waals surface area contributed by atoms with Gasteiger partial charge in [0.05, 0.1) is 0 Å². The van der Waals surface area contributed by atoms with Crippen LogP contribution in [-0.2, 0) is 0 Å². The van der Waals surface area contributed by atoms with Gasteiger partial charge in [0.1, 0.15) is 0 Å². The van der Waals surface area contributed by atoms with Gasteiger partial charge in [0.15, 0.2) is 0 Å². The molecule has 2 heteroatoms. The first-order valence-corrected chi connectivity index (χ1v) is 5.83. The minimum Gasteiger partial charge on any atom is -0.315 e. The molecule has 0 aromatic carbocycles. The maximum atomic E-state index is 3.38. The van der Waals surface area contributed by atoms with E-state index in [2.05, 4.69) is 52.0 Å². The maximum Gasteiger partial charge on any atom is 0.0214 e. The van der Waals surface area contributed by atoms with Crippen molar-refractivity contribution in [3.8, 4) is 0 Å². The molecule has 0 rings (SSSR count). The number of hydrogen-bond acceptors (Lipinski definition) is 2. The fourth-order valence-electron chi connectivity index (χ4n) is 1.54. The first-order valence-electron chi connectivity index (χ1n) is 5.83. The van der Waals surface area contributed by atoms with E-state index in [9.17, 15) is 0 Å². The van der Waals surface area contributed by atoms with E-state index in [1.165, 1.54) is 13.0 Å². The first kappa shape index (κ1) is 13.9. The van der Waals surface area contributed by atoms with Gasteiger partial charge in [-0.25, -0.2) is 0 Å². The van der Waals surface area contributed by atoms with Crippen molar-refractivity contribution in [2.45, 2.75) is 40.2 Å². The highest BCUT2D eigenvalue weighted by Gasteiger charge is 2.13. The third kappa shape index (κ3) is 6.39. The van der Waals surface area contributed by atoms with E-state index >= 15 is 0 Å². The molecule has 0 radical (unpaired) electrons. The van der Waals surface area contributed by atoms with E-state index in [1.54, 1.807) is 0 Å². The van der Waals surface area contributed by atoms with E-state index < -0.39 is 0 Å². The van der Waals surface area contributed by atoms with Gasteiger partial charge in [-0.1, -0.05) is 27.7 Å². The van der Waals surface area contributed by atoms with Gasteiger partial charge >= 0.3 is 0 Å². The van der Waals surface area contributed by atoms with Crippen molar-refractivity contribution in [1.29, 1.82) is 0 Å². The Bertz CT molecular complexity index is 132. The Morgan fingerprint density at radius 1 is 1.14 bits per heavy atom. The van der Waals surface area contributed by atoms with Gasteiger partial charge in [0.25, 0.3) is 0 Å². The molecule has 1 N–H and O–H groups in total. The van der Waals surface area contributed by atoms with Crippen LogP contribution >= 0.6 is 0 Å². The molecule has 0 heterocycles. The Hall–Kier alpha value is -0.0800. The van der Waals surface area contributed by atoms with Crippen molar-refractivity contribution >= 4 is 0 Å². The molecule has 0 bridgehead atoms. The van der Waals surface area contributed by atoms with E-state index in [-0.39, 0.29) is 0 Å². The number of hydrogen-bond donors (Lipinski definition) is 1. The van der Waals surface area contributed by atoms with Gasteiger partial charge in [0.2, 0.25) is 0 Å². The third-order valence-corrected chi connectivity index (χ3v) is 2.77. The fraction of sp³-hybridized carbons (Fsp3) is 1.00. The summed E-state index contributed by atoms with van der Waals surface area (Å²) in [6.45, 7) is 11.5. The van der Waals surface area contributed by atoms with Crippen molar-refractivity contribution in [1.82, 2.24) is 10.2 Å². The zero-order chi connectivity index (χ0) is 11.1. The van der Waals surface area contributed by atoms with E-state index in [4.69, 9.17) is 0 Å². The minimum atomic E-state index is 0.618. The van der Waals surface area contributed by atoms with E-state index in [0.29, 0.717) is 12.0 Å². The zero-order valence-electron chi connectivity index (χ0n) is 10.8. The fourth-order valence-corrected chi connectivity index (χ4v) is 1.54. The molecule has 1 atom stereocenters. The summed E-state index contributed by atoms with van der Waals surface area (Å²) < 4.78 is 0. The smallest absolute Gasteiger partial charge is 0.0214 e. The molecular weight excluding hydrogens is 172 g/mol. The monoisotopic (exact) mass is 200 g/mol. The van der Waals surface area contributed by atoms with E-state index in [1.807, 2.05) is 0 Å². The summed E-state index contributed by atoms with van der Waals surface area (Å²) in [7, 11) is 4.27. The Morgan fingerprint density at radius 3 is 2.07 bits per heavy atom. The first-order chi connectivity index (χ1) is 6.47. The normalized spacial score (nSPS) is 14.4. The molecule has 0 aromatic rings. The maximum absolute atomic E-state index is 3.38. The zero-order valence-corrected chi connectivity index (χ0v) is 10.8. The van der Waals surface area contributed by atoms with Crippen molar-refractivity contribution in [3.63, 3.8) is 0 Å². The van der Waals surface area contributed by atoms with E-state index in [0.717, 1.165) is 12.5 Å². The molecule has 0 aliphatic heterocycles. The Labute approximate surface area is 90.1 Å². The van der Waals surface area contributed by atoms with Gasteiger partial charge in [-0.15, -0.1) is 0 Å². The molecule has 0 aliphatic carbocycles. The van der Waals surface area contributed by atoms with Gasteiger partial charge in [0, 0.05) is 12.6 Å². The van der Waals surface area contributed by atoms with Gasteiger partial charge in [-0.3, -0.25) is 0 Å². The molecule has 0 fully saturated rings. The lowest BCUT2D eigenvalue weighted by molar-refractivity contribution is 0.251. The van der Waals surface area contributed by atoms with Crippen LogP contribution in [-0.4, -0.2) is 38.1 Å². The second kappa shape index (κ2) is 7.24. The highest BCUT2D eigenvalue weighted by Crippen LogP contribution is 2.05. The van der Waals surface area contributed by atoms with Crippen molar-refractivity contribution in [2.75, 3.05) is 27.2 Å². The lowest BCUT2D eigenvalue weighted by atomic mass is 10.0. The molecule has 0 aliphatic rings. The Morgan fingerprint density at radius 2 is 1.71 bits per heavy atom. The van der Waals surface area contributed by atoms with Crippen LogP contribution < -0.4 is 5.32 Å². The predicted molar refractivity (Wildman–Crippen MR) is 64.6 cm³/mol. The lowest BCUT2D eigenvalue weighted by Gasteiger charge is -2.26. The number of likely N-dealkylation sites (N-methyl/N-ethyl adjacent to an activating group) is 2. The molecular formula is C12H28N2. The number of rotatable bonds is 7. The Balaban J connectivity index is 3.73. The Kier molecular flexibility index (Phi) is 7.20. The molecule has 86 valence electrons. The summed E-state index contributed by atoms with van der Waals surface area (Å²) >= 11 is 0. The summed E-state index contributed by atoms with van der Waals surface area (Å²) in [6.07, 6.45) is 1.30. The minimum absolute atomic E-state index is 0.618. The average Bonchev–Trinajstić information content (AvgIpc) is 2.10. The van der Waals surface area contributed by atoms with Crippen LogP contribution in [0.5, 0.6) is 0 Å². The summed E-state index contributed by atoms with van der Waals surface area (Å²) in [6, 6.07) is 0.618. The number of nitrogens with zero attached hydrogens (tertiary/aromatic N) is 1. The molecule has 2 nitrogen and oxygen atoms in total. The summed E-state index contributed by atoms with van der Waals surface area (Å²) in [5.74, 6) is 1.52. The average molecular weight is 200 g/mol. The van der Waals surface area contributed by atoms with Crippen LogP contribution in [0.2, 0.25) is 0 Å². The molecule has 0 aromatic heterocycles. The second-order valence-corrected chi connectivity index (χ2v) is 5.08. The summed E-state index contributed by atoms with van der Waals surface area (Å²) in [5.41, 5.74) is 0. The topological polar surface area (TPSA) is 15.3 Å². The van der Waals surface area contributed by atoms with Crippen molar-refractivity contribution < 1.29 is 0 Å².